The van der Waals surface area contributed by atoms with Crippen LogP contribution in [0.5, 0.6) is 5.75 Å². The second kappa shape index (κ2) is 9.34. The zero-order chi connectivity index (χ0) is 27.0. The molecule has 39 heavy (non-hydrogen) atoms. The second-order valence-corrected chi connectivity index (χ2v) is 12.0. The number of aromatic nitrogens is 2. The number of hydrogen-bond acceptors (Lipinski definition) is 7. The summed E-state index contributed by atoms with van der Waals surface area (Å²) < 4.78 is 16.7. The van der Waals surface area contributed by atoms with Crippen molar-refractivity contribution in [2.75, 3.05) is 50.1 Å². The Balaban J connectivity index is 1.44. The highest BCUT2D eigenvalue weighted by atomic mass is 35.5. The fourth-order valence-corrected chi connectivity index (χ4v) is 6.85. The number of phenolic OH excluding ortho intramolecular Hbond substituents is 1. The summed E-state index contributed by atoms with van der Waals surface area (Å²) in [6, 6.07) is 11.4. The number of nitrogens with zero attached hydrogens (tertiary/aromatic N) is 5. The molecule has 2 N–H and O–H groups in total. The maximum atomic E-state index is 16.7. The molecule has 7 nitrogen and oxygen atoms in total. The van der Waals surface area contributed by atoms with Crippen LogP contribution in [0.15, 0.2) is 36.4 Å². The van der Waals surface area contributed by atoms with Gasteiger partial charge in [0.25, 0.3) is 0 Å². The Labute approximate surface area is 236 Å². The van der Waals surface area contributed by atoms with Gasteiger partial charge in [0, 0.05) is 65.7 Å². The molecule has 4 aromatic rings. The van der Waals surface area contributed by atoms with Gasteiger partial charge in [-0.3, -0.25) is 0 Å². The number of rotatable bonds is 4. The summed E-state index contributed by atoms with van der Waals surface area (Å²) in [5, 5.41) is 16.7. The molecule has 3 aliphatic rings. The maximum absolute atomic E-state index is 16.7. The summed E-state index contributed by atoms with van der Waals surface area (Å²) in [4.78, 5) is 16.3. The molecular formula is C29H29Cl2FN6O. The second-order valence-electron chi connectivity index (χ2n) is 11.2. The van der Waals surface area contributed by atoms with Crippen LogP contribution in [0.2, 0.25) is 10.0 Å². The first-order chi connectivity index (χ1) is 18.8. The van der Waals surface area contributed by atoms with Gasteiger partial charge in [0.05, 0.1) is 5.02 Å². The minimum Gasteiger partial charge on any atom is -0.508 e. The molecular weight excluding hydrogens is 538 g/mol. The van der Waals surface area contributed by atoms with Crippen molar-refractivity contribution >= 4 is 56.6 Å². The lowest BCUT2D eigenvalue weighted by atomic mass is 9.96. The number of phenols is 1. The van der Waals surface area contributed by atoms with Gasteiger partial charge in [0.15, 0.2) is 5.82 Å². The van der Waals surface area contributed by atoms with Crippen molar-refractivity contribution in [3.63, 3.8) is 0 Å². The summed E-state index contributed by atoms with van der Waals surface area (Å²) in [5.74, 6) is 0.698. The summed E-state index contributed by atoms with van der Waals surface area (Å²) in [6.45, 7) is 3.16. The van der Waals surface area contributed by atoms with Gasteiger partial charge in [-0.1, -0.05) is 35.3 Å². The van der Waals surface area contributed by atoms with Crippen molar-refractivity contribution < 1.29 is 9.50 Å². The van der Waals surface area contributed by atoms with Gasteiger partial charge >= 0.3 is 0 Å². The number of halogens is 3. The van der Waals surface area contributed by atoms with Crippen molar-refractivity contribution in [1.29, 1.82) is 0 Å². The first-order valence-corrected chi connectivity index (χ1v) is 14.1. The Bertz CT molecular complexity index is 1610. The fraction of sp³-hybridized carbons (Fsp3) is 0.379. The molecule has 10 heteroatoms. The fourth-order valence-electron chi connectivity index (χ4n) is 6.28. The average molecular weight is 567 g/mol. The van der Waals surface area contributed by atoms with Crippen molar-refractivity contribution in [1.82, 2.24) is 20.2 Å². The largest absolute Gasteiger partial charge is 0.508 e. The van der Waals surface area contributed by atoms with Crippen LogP contribution < -0.4 is 15.1 Å². The molecule has 0 radical (unpaired) electrons. The minimum absolute atomic E-state index is 0.00555. The van der Waals surface area contributed by atoms with Gasteiger partial charge < -0.3 is 25.1 Å². The molecule has 1 aromatic heterocycles. The number of benzene rings is 3. The molecule has 3 fully saturated rings. The number of fused-ring (bicyclic) bond motifs is 4. The quantitative estimate of drug-likeness (QED) is 0.347. The first-order valence-electron chi connectivity index (χ1n) is 13.3. The molecule has 0 aliphatic carbocycles. The molecule has 2 bridgehead atoms. The highest BCUT2D eigenvalue weighted by Crippen LogP contribution is 2.44. The number of hydrogen-bond donors (Lipinski definition) is 2. The lowest BCUT2D eigenvalue weighted by molar-refractivity contribution is 0.245. The normalized spacial score (nSPS) is 21.4. The standard InChI is InChI=1S/C29H29Cl2FN6O/c1-36(2)18-13-38(14-18)29-34-27-21(28(35-29)37-11-16-6-7-17(12-37)33-16)10-23(31)25(26(27)32)20-9-19(39)8-15-4-3-5-22(30)24(15)20/h3-5,8-10,16-18,33,39H,6-7,11-14H2,1-2H3. The van der Waals surface area contributed by atoms with Crippen LogP contribution in [0.1, 0.15) is 12.8 Å². The van der Waals surface area contributed by atoms with E-state index in [1.165, 1.54) is 6.07 Å². The van der Waals surface area contributed by atoms with Crippen LogP contribution >= 0.6 is 23.2 Å². The molecule has 202 valence electrons. The van der Waals surface area contributed by atoms with Crippen molar-refractivity contribution in [3.8, 4) is 16.9 Å². The smallest absolute Gasteiger partial charge is 0.228 e. The van der Waals surface area contributed by atoms with Crippen molar-refractivity contribution in [2.45, 2.75) is 31.0 Å². The summed E-state index contributed by atoms with van der Waals surface area (Å²) in [7, 11) is 4.12. The third-order valence-electron chi connectivity index (χ3n) is 8.42. The van der Waals surface area contributed by atoms with Gasteiger partial charge in [-0.15, -0.1) is 0 Å². The predicted molar refractivity (Wildman–Crippen MR) is 156 cm³/mol. The van der Waals surface area contributed by atoms with Crippen LogP contribution in [0.4, 0.5) is 16.2 Å². The number of anilines is 2. The van der Waals surface area contributed by atoms with Crippen molar-refractivity contribution in [3.05, 3.63) is 52.3 Å². The highest BCUT2D eigenvalue weighted by Gasteiger charge is 2.36. The Morgan fingerprint density at radius 3 is 2.44 bits per heavy atom. The number of nitrogens with one attached hydrogen (secondary N) is 1. The first kappa shape index (κ1) is 25.1. The van der Waals surface area contributed by atoms with Crippen LogP contribution in [0.3, 0.4) is 0 Å². The van der Waals surface area contributed by atoms with Crippen LogP contribution in [-0.4, -0.2) is 78.4 Å². The van der Waals surface area contributed by atoms with E-state index in [0.717, 1.165) is 39.0 Å². The van der Waals surface area contributed by atoms with Crippen LogP contribution in [-0.2, 0) is 0 Å². The number of likely N-dealkylation sites (N-methyl/N-ethyl adjacent to an activating group) is 1. The third-order valence-corrected chi connectivity index (χ3v) is 9.04. The summed E-state index contributed by atoms with van der Waals surface area (Å²) in [5.41, 5.74) is 0.819. The lowest BCUT2D eigenvalue weighted by Crippen LogP contribution is -2.58. The monoisotopic (exact) mass is 566 g/mol. The zero-order valence-electron chi connectivity index (χ0n) is 21.8. The van der Waals surface area contributed by atoms with Crippen LogP contribution in [0.25, 0.3) is 32.8 Å². The van der Waals surface area contributed by atoms with Gasteiger partial charge in [0.1, 0.15) is 17.1 Å². The molecule has 2 atom stereocenters. The SMILES string of the molecule is CN(C)C1CN(c2nc(N3CC4CCC(C3)N4)c3cc(Cl)c(-c4cc(O)cc5cccc(Cl)c45)c(F)c3n2)C1. The third kappa shape index (κ3) is 4.16. The Morgan fingerprint density at radius 1 is 0.974 bits per heavy atom. The van der Waals surface area contributed by atoms with E-state index in [1.54, 1.807) is 24.3 Å². The topological polar surface area (TPSA) is 67.8 Å². The molecule has 3 aromatic carbocycles. The number of aromatic hydroxyl groups is 1. The highest BCUT2D eigenvalue weighted by molar-refractivity contribution is 6.38. The van der Waals surface area contributed by atoms with Gasteiger partial charge in [-0.05, 0) is 62.2 Å². The van der Waals surface area contributed by atoms with E-state index in [1.807, 2.05) is 6.07 Å². The van der Waals surface area contributed by atoms with E-state index in [9.17, 15) is 5.11 Å². The number of piperazine rings is 1. The molecule has 7 rings (SSSR count). The zero-order valence-corrected chi connectivity index (χ0v) is 23.3. The van der Waals surface area contributed by atoms with E-state index < -0.39 is 5.82 Å². The lowest BCUT2D eigenvalue weighted by Gasteiger charge is -2.43. The molecule has 4 heterocycles. The average Bonchev–Trinajstić information content (AvgIpc) is 3.20. The molecule has 2 unspecified atom stereocenters. The van der Waals surface area contributed by atoms with Crippen molar-refractivity contribution in [2.24, 2.45) is 0 Å². The Kier molecular flexibility index (Phi) is 6.00. The van der Waals surface area contributed by atoms with Gasteiger partial charge in [-0.25, -0.2) is 9.37 Å². The van der Waals surface area contributed by atoms with Gasteiger partial charge in [0.2, 0.25) is 5.95 Å². The Morgan fingerprint density at radius 2 is 1.72 bits per heavy atom. The van der Waals surface area contributed by atoms with E-state index in [4.69, 9.17) is 33.2 Å². The minimum atomic E-state index is -0.544. The molecule has 3 saturated heterocycles. The van der Waals surface area contributed by atoms with E-state index in [0.29, 0.717) is 56.6 Å². The van der Waals surface area contributed by atoms with E-state index in [-0.39, 0.29) is 21.9 Å². The van der Waals surface area contributed by atoms with Gasteiger partial charge in [-0.2, -0.15) is 4.98 Å². The van der Waals surface area contributed by atoms with E-state index >= 15 is 4.39 Å². The van der Waals surface area contributed by atoms with E-state index in [2.05, 4.69) is 34.1 Å². The molecule has 3 aliphatic heterocycles. The molecule has 0 amide bonds. The van der Waals surface area contributed by atoms with Crippen LogP contribution in [0, 0.1) is 5.82 Å². The Hall–Kier alpha value is -2.91. The molecule has 0 saturated carbocycles. The summed E-state index contributed by atoms with van der Waals surface area (Å²) >= 11 is 13.4. The predicted octanol–water partition coefficient (Wildman–Crippen LogP) is 5.29. The summed E-state index contributed by atoms with van der Waals surface area (Å²) in [6.07, 6.45) is 2.25. The molecule has 0 spiro atoms. The maximum Gasteiger partial charge on any atom is 0.228 e.